The van der Waals surface area contributed by atoms with Gasteiger partial charge in [0.05, 0.1) is 11.6 Å². The Morgan fingerprint density at radius 3 is 2.71 bits per heavy atom. The fourth-order valence-electron chi connectivity index (χ4n) is 1.62. The summed E-state index contributed by atoms with van der Waals surface area (Å²) >= 11 is 0. The van der Waals surface area contributed by atoms with Gasteiger partial charge in [0, 0.05) is 12.5 Å². The van der Waals surface area contributed by atoms with Gasteiger partial charge in [0.25, 0.3) is 0 Å². The zero-order valence-corrected chi connectivity index (χ0v) is 8.88. The van der Waals surface area contributed by atoms with Gasteiger partial charge in [0.2, 0.25) is 5.88 Å². The molecule has 1 aromatic heterocycles. The van der Waals surface area contributed by atoms with E-state index < -0.39 is 23.8 Å². The number of hydrogen-bond acceptors (Lipinski definition) is 3. The molecule has 17 heavy (non-hydrogen) atoms. The molecule has 0 aliphatic heterocycles. The lowest BCUT2D eigenvalue weighted by atomic mass is 9.99. The summed E-state index contributed by atoms with van der Waals surface area (Å²) in [4.78, 5) is 11.4. The van der Waals surface area contributed by atoms with Gasteiger partial charge in [-0.05, 0) is 12.8 Å². The van der Waals surface area contributed by atoms with Crippen LogP contribution in [-0.2, 0) is 4.79 Å². The molecule has 1 fully saturated rings. The summed E-state index contributed by atoms with van der Waals surface area (Å²) in [7, 11) is 0. The smallest absolute Gasteiger partial charge is 0.394 e. The summed E-state index contributed by atoms with van der Waals surface area (Å²) in [6.07, 6.45) is -3.29. The van der Waals surface area contributed by atoms with E-state index in [4.69, 9.17) is 4.74 Å². The number of aromatic amines is 1. The van der Waals surface area contributed by atoms with Gasteiger partial charge in [-0.25, -0.2) is 5.10 Å². The first kappa shape index (κ1) is 11.9. The lowest BCUT2D eigenvalue weighted by molar-refractivity contribution is -0.190. The van der Waals surface area contributed by atoms with Crippen LogP contribution in [0.1, 0.15) is 19.3 Å². The predicted octanol–water partition coefficient (Wildman–Crippen LogP) is 2.09. The Labute approximate surface area is 95.1 Å². The summed E-state index contributed by atoms with van der Waals surface area (Å²) in [6.45, 7) is -0.361. The van der Waals surface area contributed by atoms with Gasteiger partial charge in [-0.1, -0.05) is 0 Å². The van der Waals surface area contributed by atoms with E-state index in [1.807, 2.05) is 0 Å². The van der Waals surface area contributed by atoms with Crippen molar-refractivity contribution in [3.8, 4) is 5.88 Å². The molecule has 1 aromatic rings. The molecule has 0 unspecified atom stereocenters. The standard InChI is InChI=1S/C10H11F3N2O2/c11-10(12,13)9(2-3-9)5-7(16)6-17-8-1-4-14-15-8/h1,4H,2-3,5-6H2,(H,14,15). The number of Topliss-reactive ketones (excluding diaryl/α,β-unsaturated/α-hetero) is 1. The number of carbonyl (C=O) groups is 1. The number of hydrogen-bond donors (Lipinski definition) is 1. The Morgan fingerprint density at radius 1 is 1.53 bits per heavy atom. The number of H-pyrrole nitrogens is 1. The van der Waals surface area contributed by atoms with E-state index in [1.54, 1.807) is 0 Å². The van der Waals surface area contributed by atoms with Crippen LogP contribution in [0.5, 0.6) is 5.88 Å². The van der Waals surface area contributed by atoms with Crippen LogP contribution in [0.2, 0.25) is 0 Å². The molecular weight excluding hydrogens is 237 g/mol. The number of nitrogens with one attached hydrogen (secondary N) is 1. The van der Waals surface area contributed by atoms with Gasteiger partial charge in [-0.15, -0.1) is 0 Å². The SMILES string of the molecule is O=C(COc1ccn[nH]1)CC1(C(F)(F)F)CC1. The van der Waals surface area contributed by atoms with E-state index >= 15 is 0 Å². The van der Waals surface area contributed by atoms with Crippen molar-refractivity contribution >= 4 is 5.78 Å². The number of alkyl halides is 3. The van der Waals surface area contributed by atoms with Crippen molar-refractivity contribution < 1.29 is 22.7 Å². The van der Waals surface area contributed by atoms with Gasteiger partial charge in [0.1, 0.15) is 6.61 Å². The molecule has 4 nitrogen and oxygen atoms in total. The second kappa shape index (κ2) is 4.05. The zero-order valence-electron chi connectivity index (χ0n) is 8.88. The highest BCUT2D eigenvalue weighted by Crippen LogP contribution is 2.59. The molecule has 1 N–H and O–H groups in total. The van der Waals surface area contributed by atoms with Crippen LogP contribution >= 0.6 is 0 Å². The summed E-state index contributed by atoms with van der Waals surface area (Å²) in [5.74, 6) is -0.273. The topological polar surface area (TPSA) is 55.0 Å². The number of carbonyl (C=O) groups excluding carboxylic acids is 1. The number of rotatable bonds is 5. The van der Waals surface area contributed by atoms with Crippen LogP contribution in [0.4, 0.5) is 13.2 Å². The van der Waals surface area contributed by atoms with Crippen LogP contribution in [0.3, 0.4) is 0 Å². The van der Waals surface area contributed by atoms with Gasteiger partial charge < -0.3 is 4.74 Å². The second-order valence-electron chi connectivity index (χ2n) is 4.20. The van der Waals surface area contributed by atoms with Crippen molar-refractivity contribution in [2.24, 2.45) is 5.41 Å². The maximum atomic E-state index is 12.6. The maximum Gasteiger partial charge on any atom is 0.394 e. The van der Waals surface area contributed by atoms with Crippen molar-refractivity contribution in [1.29, 1.82) is 0 Å². The van der Waals surface area contributed by atoms with E-state index in [-0.39, 0.29) is 25.3 Å². The highest BCUT2D eigenvalue weighted by atomic mass is 19.4. The number of nitrogens with zero attached hydrogens (tertiary/aromatic N) is 1. The Kier molecular flexibility index (Phi) is 2.84. The van der Waals surface area contributed by atoms with E-state index in [9.17, 15) is 18.0 Å². The fraction of sp³-hybridized carbons (Fsp3) is 0.600. The highest BCUT2D eigenvalue weighted by molar-refractivity contribution is 5.81. The van der Waals surface area contributed by atoms with E-state index in [0.717, 1.165) is 0 Å². The third-order valence-corrected chi connectivity index (χ3v) is 2.85. The molecule has 0 spiro atoms. The average Bonchev–Trinajstić information content (AvgIpc) is 2.84. The number of ketones is 1. The summed E-state index contributed by atoms with van der Waals surface area (Å²) in [6, 6.07) is 1.49. The first-order valence-corrected chi connectivity index (χ1v) is 5.14. The largest absolute Gasteiger partial charge is 0.470 e. The maximum absolute atomic E-state index is 12.6. The first-order valence-electron chi connectivity index (χ1n) is 5.14. The van der Waals surface area contributed by atoms with Crippen LogP contribution in [0.15, 0.2) is 12.3 Å². The molecule has 0 aromatic carbocycles. The average molecular weight is 248 g/mol. The van der Waals surface area contributed by atoms with Gasteiger partial charge in [-0.2, -0.15) is 18.3 Å². The van der Waals surface area contributed by atoms with Crippen molar-refractivity contribution in [3.05, 3.63) is 12.3 Å². The molecule has 94 valence electrons. The van der Waals surface area contributed by atoms with Crippen LogP contribution in [0, 0.1) is 5.41 Å². The minimum absolute atomic E-state index is 0.0340. The number of halogens is 3. The van der Waals surface area contributed by atoms with Crippen molar-refractivity contribution in [2.45, 2.75) is 25.4 Å². The highest BCUT2D eigenvalue weighted by Gasteiger charge is 2.63. The second-order valence-corrected chi connectivity index (χ2v) is 4.20. The number of aromatic nitrogens is 2. The Hall–Kier alpha value is -1.53. The summed E-state index contributed by atoms with van der Waals surface area (Å²) in [5.41, 5.74) is -1.79. The van der Waals surface area contributed by atoms with Gasteiger partial charge in [0.15, 0.2) is 5.78 Å². The van der Waals surface area contributed by atoms with Gasteiger partial charge >= 0.3 is 6.18 Å². The van der Waals surface area contributed by atoms with Crippen LogP contribution < -0.4 is 4.74 Å². The minimum Gasteiger partial charge on any atom is -0.470 e. The quantitative estimate of drug-likeness (QED) is 0.868. The summed E-state index contributed by atoms with van der Waals surface area (Å²) < 4.78 is 42.6. The minimum atomic E-state index is -4.29. The molecular formula is C10H11F3N2O2. The number of ether oxygens (including phenoxy) is 1. The van der Waals surface area contributed by atoms with E-state index in [2.05, 4.69) is 10.2 Å². The van der Waals surface area contributed by atoms with Crippen LogP contribution in [-0.4, -0.2) is 28.8 Å². The Morgan fingerprint density at radius 2 is 2.24 bits per heavy atom. The Balaban J connectivity index is 1.82. The summed E-state index contributed by atoms with van der Waals surface area (Å²) in [5, 5.41) is 6.04. The lowest BCUT2D eigenvalue weighted by Crippen LogP contribution is -2.29. The molecule has 1 saturated carbocycles. The predicted molar refractivity (Wildman–Crippen MR) is 51.4 cm³/mol. The molecule has 1 aliphatic carbocycles. The van der Waals surface area contributed by atoms with Crippen molar-refractivity contribution in [1.82, 2.24) is 10.2 Å². The molecule has 0 atom stereocenters. The zero-order chi connectivity index (χ0) is 12.5. The monoisotopic (exact) mass is 248 g/mol. The molecule has 0 bridgehead atoms. The van der Waals surface area contributed by atoms with Crippen molar-refractivity contribution in [3.63, 3.8) is 0 Å². The molecule has 1 aliphatic rings. The van der Waals surface area contributed by atoms with Gasteiger partial charge in [-0.3, -0.25) is 4.79 Å². The lowest BCUT2D eigenvalue weighted by Gasteiger charge is -2.17. The molecule has 0 saturated heterocycles. The third-order valence-electron chi connectivity index (χ3n) is 2.85. The normalized spacial score (nSPS) is 17.8. The molecule has 2 rings (SSSR count). The first-order chi connectivity index (χ1) is 7.93. The molecule has 0 amide bonds. The fourth-order valence-corrected chi connectivity index (χ4v) is 1.62. The molecule has 0 radical (unpaired) electrons. The van der Waals surface area contributed by atoms with Crippen molar-refractivity contribution in [2.75, 3.05) is 6.61 Å². The van der Waals surface area contributed by atoms with Crippen LogP contribution in [0.25, 0.3) is 0 Å². The Bertz CT molecular complexity index is 396. The van der Waals surface area contributed by atoms with E-state index in [1.165, 1.54) is 12.3 Å². The molecule has 7 heteroatoms. The molecule has 1 heterocycles. The van der Waals surface area contributed by atoms with E-state index in [0.29, 0.717) is 0 Å². The third kappa shape index (κ3) is 2.59.